The number of rotatable bonds is 5. The summed E-state index contributed by atoms with van der Waals surface area (Å²) < 4.78 is 11.5. The van der Waals surface area contributed by atoms with Crippen LogP contribution in [0.2, 0.25) is 5.02 Å². The number of fused-ring (bicyclic) bond motifs is 1. The van der Waals surface area contributed by atoms with Crippen molar-refractivity contribution in [3.8, 4) is 5.75 Å². The molecular weight excluding hydrogens is 440 g/mol. The Bertz CT molecular complexity index is 1120. The second-order valence-electron chi connectivity index (χ2n) is 6.41. The van der Waals surface area contributed by atoms with Crippen molar-refractivity contribution in [2.45, 2.75) is 5.50 Å². The largest absolute Gasteiger partial charge is 0.487 e. The van der Waals surface area contributed by atoms with E-state index in [0.717, 1.165) is 16.5 Å². The molecule has 30 heavy (non-hydrogen) atoms. The van der Waals surface area contributed by atoms with Crippen LogP contribution in [0.5, 0.6) is 5.75 Å². The molecule has 0 radical (unpaired) electrons. The molecule has 0 N–H and O–H groups in total. The molecule has 1 aromatic heterocycles. The predicted octanol–water partition coefficient (Wildman–Crippen LogP) is 5.21. The zero-order chi connectivity index (χ0) is 20.5. The minimum absolute atomic E-state index is 0.304. The van der Waals surface area contributed by atoms with Gasteiger partial charge in [-0.1, -0.05) is 41.6 Å². The van der Waals surface area contributed by atoms with Crippen LogP contribution in [0.25, 0.3) is 0 Å². The number of anilines is 1. The summed E-state index contributed by atoms with van der Waals surface area (Å²) in [5.41, 5.74) is 0.587. The molecule has 2 aliphatic rings. The number of ether oxygens (including phenoxy) is 1. The molecule has 0 fully saturated rings. The molecule has 1 unspecified atom stereocenters. The maximum Gasteiger partial charge on any atom is 0.205 e. The maximum atomic E-state index is 5.93. The average Bonchev–Trinajstić information content (AvgIpc) is 3.44. The zero-order valence-electron chi connectivity index (χ0n) is 15.5. The minimum Gasteiger partial charge on any atom is -0.487 e. The molecule has 0 amide bonds. The second kappa shape index (κ2) is 8.14. The summed E-state index contributed by atoms with van der Waals surface area (Å²) in [4.78, 5) is 6.75. The molecule has 0 spiro atoms. The van der Waals surface area contributed by atoms with Crippen molar-refractivity contribution in [3.63, 3.8) is 0 Å². The molecule has 0 saturated carbocycles. The first-order valence-corrected chi connectivity index (χ1v) is 10.8. The van der Waals surface area contributed by atoms with Gasteiger partial charge in [0.15, 0.2) is 17.1 Å². The lowest BCUT2D eigenvalue weighted by Crippen LogP contribution is -2.50. The number of furan rings is 1. The molecule has 150 valence electrons. The first-order chi connectivity index (χ1) is 14.7. The highest BCUT2D eigenvalue weighted by Gasteiger charge is 2.40. The molecule has 0 saturated heterocycles. The summed E-state index contributed by atoms with van der Waals surface area (Å²) in [6, 6.07) is 20.7. The average molecular weight is 455 g/mol. The lowest BCUT2D eigenvalue weighted by molar-refractivity contribution is 0.374. The van der Waals surface area contributed by atoms with E-state index in [1.807, 2.05) is 59.5 Å². The van der Waals surface area contributed by atoms with E-state index in [2.05, 4.69) is 5.10 Å². The highest BCUT2D eigenvalue weighted by molar-refractivity contribution is 8.14. The Hall–Kier alpha value is -2.81. The van der Waals surface area contributed by atoms with Gasteiger partial charge in [0.25, 0.3) is 0 Å². The normalized spacial score (nSPS) is 18.2. The first kappa shape index (κ1) is 19.2. The monoisotopic (exact) mass is 454 g/mol. The van der Waals surface area contributed by atoms with Gasteiger partial charge < -0.3 is 9.15 Å². The number of nitrogens with zero attached hydrogens (tertiary/aromatic N) is 4. The number of para-hydroxylation sites is 1. The molecular formula is C21H15ClN4O2S2. The van der Waals surface area contributed by atoms with E-state index < -0.39 is 0 Å². The van der Waals surface area contributed by atoms with Crippen LogP contribution in [-0.2, 0) is 0 Å². The number of hydrogen-bond acceptors (Lipinski definition) is 6. The third-order valence-electron chi connectivity index (χ3n) is 4.43. The van der Waals surface area contributed by atoms with Gasteiger partial charge in [0, 0.05) is 5.02 Å². The molecule has 3 aromatic rings. The number of hydrogen-bond donors (Lipinski definition) is 0. The summed E-state index contributed by atoms with van der Waals surface area (Å²) >= 11 is 13.2. The summed E-state index contributed by atoms with van der Waals surface area (Å²) in [5.74, 6) is 2.02. The minimum atomic E-state index is -0.304. The fraction of sp³-hybridized carbons (Fsp3) is 0.0952. The van der Waals surface area contributed by atoms with E-state index >= 15 is 0 Å². The number of halogens is 1. The third kappa shape index (κ3) is 3.69. The quantitative estimate of drug-likeness (QED) is 0.493. The van der Waals surface area contributed by atoms with Crippen molar-refractivity contribution in [2.24, 2.45) is 10.1 Å². The molecule has 5 rings (SSSR count). The van der Waals surface area contributed by atoms with E-state index in [1.54, 1.807) is 23.4 Å². The van der Waals surface area contributed by atoms with E-state index in [9.17, 15) is 0 Å². The second-order valence-corrected chi connectivity index (χ2v) is 8.34. The van der Waals surface area contributed by atoms with Crippen LogP contribution in [0.3, 0.4) is 0 Å². The van der Waals surface area contributed by atoms with Crippen LogP contribution < -0.4 is 9.64 Å². The molecule has 0 aliphatic carbocycles. The molecule has 3 heterocycles. The van der Waals surface area contributed by atoms with Gasteiger partial charge in [-0.05, 0) is 60.7 Å². The molecule has 6 nitrogen and oxygen atoms in total. The van der Waals surface area contributed by atoms with Gasteiger partial charge in [-0.3, -0.25) is 4.90 Å². The van der Waals surface area contributed by atoms with Crippen molar-refractivity contribution in [2.75, 3.05) is 11.5 Å². The number of thioether (sulfide) groups is 1. The topological polar surface area (TPSA) is 53.6 Å². The Morgan fingerprint density at radius 1 is 1.07 bits per heavy atom. The Kier molecular flexibility index (Phi) is 5.20. The Balaban J connectivity index is 1.42. The highest BCUT2D eigenvalue weighted by atomic mass is 35.5. The van der Waals surface area contributed by atoms with E-state index in [-0.39, 0.29) is 5.50 Å². The number of thiocarbonyl (C=S) groups is 1. The van der Waals surface area contributed by atoms with Gasteiger partial charge in [-0.15, -0.1) is 0 Å². The van der Waals surface area contributed by atoms with Gasteiger partial charge in [0.2, 0.25) is 5.11 Å². The van der Waals surface area contributed by atoms with Crippen molar-refractivity contribution < 1.29 is 9.15 Å². The van der Waals surface area contributed by atoms with E-state index in [4.69, 9.17) is 38.0 Å². The van der Waals surface area contributed by atoms with Gasteiger partial charge in [0.1, 0.15) is 17.4 Å². The lowest BCUT2D eigenvalue weighted by atomic mass is 10.2. The van der Waals surface area contributed by atoms with Gasteiger partial charge in [-0.2, -0.15) is 5.10 Å². The molecule has 1 atom stereocenters. The van der Waals surface area contributed by atoms with Crippen LogP contribution in [-0.4, -0.2) is 33.1 Å². The predicted molar refractivity (Wildman–Crippen MR) is 124 cm³/mol. The van der Waals surface area contributed by atoms with Crippen LogP contribution in [0.4, 0.5) is 5.69 Å². The lowest BCUT2D eigenvalue weighted by Gasteiger charge is -2.35. The third-order valence-corrected chi connectivity index (χ3v) is 6.04. The Morgan fingerprint density at radius 3 is 2.60 bits per heavy atom. The summed E-state index contributed by atoms with van der Waals surface area (Å²) in [6.07, 6.45) is 1.63. The van der Waals surface area contributed by atoms with Crippen LogP contribution in [0.15, 0.2) is 87.5 Å². The fourth-order valence-electron chi connectivity index (χ4n) is 3.07. The van der Waals surface area contributed by atoms with E-state index in [1.165, 1.54) is 11.8 Å². The van der Waals surface area contributed by atoms with Crippen molar-refractivity contribution in [1.82, 2.24) is 5.01 Å². The standard InChI is InChI=1S/C21H15ClN4O2S2/c22-14-8-10-16(11-9-14)28-13-18-24-26-20(30-18)23-19(17-7-4-12-27-17)25(21(26)29)15-5-2-1-3-6-15/h1-12,20H,13H2. The number of aliphatic imine (C=N–C) groups is 1. The van der Waals surface area contributed by atoms with E-state index in [0.29, 0.717) is 28.3 Å². The SMILES string of the molecule is S=C1N(c2ccccc2)C(c2ccco2)=NC2SC(COc3ccc(Cl)cc3)=NN12. The molecule has 2 aromatic carbocycles. The van der Waals surface area contributed by atoms with Crippen molar-refractivity contribution in [3.05, 3.63) is 83.8 Å². The van der Waals surface area contributed by atoms with Crippen LogP contribution in [0.1, 0.15) is 5.76 Å². The molecule has 0 bridgehead atoms. The molecule has 2 aliphatic heterocycles. The fourth-order valence-corrected chi connectivity index (χ4v) is 4.50. The summed E-state index contributed by atoms with van der Waals surface area (Å²) in [6.45, 7) is 0.318. The Labute approximate surface area is 187 Å². The Morgan fingerprint density at radius 2 is 1.87 bits per heavy atom. The highest BCUT2D eigenvalue weighted by Crippen LogP contribution is 2.35. The molecule has 9 heteroatoms. The van der Waals surface area contributed by atoms with Gasteiger partial charge in [-0.25, -0.2) is 10.0 Å². The van der Waals surface area contributed by atoms with Crippen molar-refractivity contribution in [1.29, 1.82) is 0 Å². The van der Waals surface area contributed by atoms with Gasteiger partial charge >= 0.3 is 0 Å². The zero-order valence-corrected chi connectivity index (χ0v) is 17.9. The van der Waals surface area contributed by atoms with Crippen LogP contribution in [0, 0.1) is 0 Å². The first-order valence-electron chi connectivity index (χ1n) is 9.11. The maximum absolute atomic E-state index is 5.93. The van der Waals surface area contributed by atoms with Crippen LogP contribution >= 0.6 is 35.6 Å². The summed E-state index contributed by atoms with van der Waals surface area (Å²) in [5, 5.41) is 8.37. The van der Waals surface area contributed by atoms with Gasteiger partial charge in [0.05, 0.1) is 12.0 Å². The number of amidine groups is 1. The smallest absolute Gasteiger partial charge is 0.205 e. The number of benzene rings is 2. The van der Waals surface area contributed by atoms with Crippen molar-refractivity contribution >= 4 is 57.3 Å². The number of hydrazone groups is 1. The summed E-state index contributed by atoms with van der Waals surface area (Å²) in [7, 11) is 0.